The summed E-state index contributed by atoms with van der Waals surface area (Å²) in [5.74, 6) is 1.37. The van der Waals surface area contributed by atoms with Crippen molar-refractivity contribution in [2.75, 3.05) is 18.7 Å². The number of aryl methyl sites for hydroxylation is 1. The van der Waals surface area contributed by atoms with Gasteiger partial charge in [-0.25, -0.2) is 0 Å². The normalized spacial score (nSPS) is 18.2. The molecule has 2 aliphatic rings. The molecule has 0 spiro atoms. The van der Waals surface area contributed by atoms with Gasteiger partial charge in [-0.15, -0.1) is 10.2 Å². The Morgan fingerprint density at radius 2 is 2.16 bits per heavy atom. The molecule has 3 heterocycles. The zero-order chi connectivity index (χ0) is 21.8. The number of thioether (sulfide) groups is 1. The number of fused-ring (bicyclic) bond motifs is 1. The number of aromatic nitrogens is 3. The fourth-order valence-electron chi connectivity index (χ4n) is 3.43. The van der Waals surface area contributed by atoms with Gasteiger partial charge in [0.2, 0.25) is 18.6 Å². The van der Waals surface area contributed by atoms with Crippen molar-refractivity contribution in [3.8, 4) is 11.5 Å². The molecule has 2 amide bonds. The Hall–Kier alpha value is -2.79. The van der Waals surface area contributed by atoms with Crippen LogP contribution in [0.25, 0.3) is 0 Å². The van der Waals surface area contributed by atoms with Crippen LogP contribution in [0.3, 0.4) is 0 Å². The van der Waals surface area contributed by atoms with Crippen molar-refractivity contribution in [2.24, 2.45) is 5.73 Å². The third-order valence-electron chi connectivity index (χ3n) is 5.09. The lowest BCUT2D eigenvalue weighted by atomic mass is 10.2. The number of rotatable bonds is 9. The highest BCUT2D eigenvalue weighted by atomic mass is 32.2. The topological polar surface area (TPSA) is 131 Å². The Bertz CT molecular complexity index is 959. The Balaban J connectivity index is 1.43. The maximum Gasteiger partial charge on any atom is 0.237 e. The number of hydrogen-bond acceptors (Lipinski definition) is 8. The molecule has 2 aromatic rings. The molecule has 4 rings (SSSR count). The van der Waals surface area contributed by atoms with Crippen LogP contribution >= 0.6 is 11.8 Å². The largest absolute Gasteiger partial charge is 0.454 e. The molecule has 0 bridgehead atoms. The van der Waals surface area contributed by atoms with Crippen LogP contribution < -0.4 is 20.5 Å². The highest BCUT2D eigenvalue weighted by molar-refractivity contribution is 8.00. The van der Waals surface area contributed by atoms with Crippen molar-refractivity contribution in [2.45, 2.75) is 55.7 Å². The van der Waals surface area contributed by atoms with E-state index in [1.54, 1.807) is 25.1 Å². The third kappa shape index (κ3) is 5.28. The lowest BCUT2D eigenvalue weighted by Gasteiger charge is -2.16. The Labute approximate surface area is 183 Å². The van der Waals surface area contributed by atoms with Crippen molar-refractivity contribution in [3.63, 3.8) is 0 Å². The second kappa shape index (κ2) is 9.56. The molecule has 0 saturated carbocycles. The van der Waals surface area contributed by atoms with Crippen LogP contribution in [0.1, 0.15) is 32.0 Å². The summed E-state index contributed by atoms with van der Waals surface area (Å²) in [5, 5.41) is 11.6. The Morgan fingerprint density at radius 1 is 1.32 bits per heavy atom. The van der Waals surface area contributed by atoms with E-state index in [9.17, 15) is 9.59 Å². The second-order valence-electron chi connectivity index (χ2n) is 7.43. The zero-order valence-corrected chi connectivity index (χ0v) is 18.0. The maximum atomic E-state index is 12.7. The van der Waals surface area contributed by atoms with E-state index in [0.29, 0.717) is 41.1 Å². The van der Waals surface area contributed by atoms with Gasteiger partial charge in [-0.3, -0.25) is 9.59 Å². The van der Waals surface area contributed by atoms with Gasteiger partial charge in [0.25, 0.3) is 0 Å². The lowest BCUT2D eigenvalue weighted by Crippen LogP contribution is -2.24. The second-order valence-corrected chi connectivity index (χ2v) is 8.74. The molecule has 31 heavy (non-hydrogen) atoms. The minimum absolute atomic E-state index is 0.0699. The van der Waals surface area contributed by atoms with Crippen molar-refractivity contribution < 1.29 is 23.8 Å². The van der Waals surface area contributed by atoms with Crippen molar-refractivity contribution in [1.82, 2.24) is 14.8 Å². The van der Waals surface area contributed by atoms with Gasteiger partial charge in [0.1, 0.15) is 5.82 Å². The number of primary amides is 1. The van der Waals surface area contributed by atoms with Gasteiger partial charge in [-0.05, 0) is 31.9 Å². The number of hydrogen-bond donors (Lipinski definition) is 2. The molecular formula is C20H25N5O5S. The van der Waals surface area contributed by atoms with Gasteiger partial charge >= 0.3 is 0 Å². The van der Waals surface area contributed by atoms with Gasteiger partial charge in [-0.1, -0.05) is 11.8 Å². The molecule has 2 aliphatic heterocycles. The first-order valence-corrected chi connectivity index (χ1v) is 11.1. The summed E-state index contributed by atoms with van der Waals surface area (Å²) in [6.45, 7) is 3.30. The van der Waals surface area contributed by atoms with Crippen LogP contribution in [-0.2, 0) is 27.3 Å². The van der Waals surface area contributed by atoms with E-state index >= 15 is 0 Å². The molecule has 2 atom stereocenters. The van der Waals surface area contributed by atoms with Crippen LogP contribution in [0.2, 0.25) is 0 Å². The van der Waals surface area contributed by atoms with E-state index in [4.69, 9.17) is 19.9 Å². The molecule has 1 aromatic heterocycles. The quantitative estimate of drug-likeness (QED) is 0.556. The SMILES string of the molecule is C[C@H](Sc1nnc(CCC(N)=O)n1C[C@H]1CCCO1)C(=O)Nc1ccc2c(c1)OCO2. The molecular weight excluding hydrogens is 422 g/mol. The van der Waals surface area contributed by atoms with Gasteiger partial charge in [-0.2, -0.15) is 0 Å². The highest BCUT2D eigenvalue weighted by Gasteiger charge is 2.24. The number of carbonyl (C=O) groups excluding carboxylic acids is 2. The fourth-order valence-corrected chi connectivity index (χ4v) is 4.31. The summed E-state index contributed by atoms with van der Waals surface area (Å²) >= 11 is 1.31. The van der Waals surface area contributed by atoms with E-state index in [0.717, 1.165) is 19.4 Å². The van der Waals surface area contributed by atoms with Gasteiger partial charge in [0, 0.05) is 31.2 Å². The van der Waals surface area contributed by atoms with E-state index in [2.05, 4.69) is 15.5 Å². The molecule has 11 heteroatoms. The first-order chi connectivity index (χ1) is 15.0. The lowest BCUT2D eigenvalue weighted by molar-refractivity contribution is -0.118. The van der Waals surface area contributed by atoms with Crippen LogP contribution in [-0.4, -0.2) is 51.3 Å². The standard InChI is InChI=1S/C20H25N5O5S/c1-12(19(27)22-13-4-5-15-16(9-13)30-11-29-15)31-20-24-23-18(7-6-17(21)26)25(20)10-14-3-2-8-28-14/h4-5,9,12,14H,2-3,6-8,10-11H2,1H3,(H2,21,26)(H,22,27)/t12-,14+/m0/s1. The van der Waals surface area contributed by atoms with Crippen molar-refractivity contribution in [1.29, 1.82) is 0 Å². The number of nitrogens with zero attached hydrogens (tertiary/aromatic N) is 3. The number of anilines is 1. The predicted octanol–water partition coefficient (Wildman–Crippen LogP) is 1.72. The Morgan fingerprint density at radius 3 is 2.94 bits per heavy atom. The van der Waals surface area contributed by atoms with E-state index in [1.807, 2.05) is 4.57 Å². The van der Waals surface area contributed by atoms with Gasteiger partial charge in [0.05, 0.1) is 17.9 Å². The minimum atomic E-state index is -0.429. The fraction of sp³-hybridized carbons (Fsp3) is 0.500. The summed E-state index contributed by atoms with van der Waals surface area (Å²) in [4.78, 5) is 24.0. The summed E-state index contributed by atoms with van der Waals surface area (Å²) in [6, 6.07) is 5.27. The van der Waals surface area contributed by atoms with E-state index < -0.39 is 11.2 Å². The monoisotopic (exact) mass is 447 g/mol. The summed E-state index contributed by atoms with van der Waals surface area (Å²) in [5.41, 5.74) is 5.92. The molecule has 1 saturated heterocycles. The number of benzene rings is 1. The number of ether oxygens (including phenoxy) is 3. The van der Waals surface area contributed by atoms with E-state index in [-0.39, 0.29) is 25.2 Å². The van der Waals surface area contributed by atoms with Crippen molar-refractivity contribution >= 4 is 29.3 Å². The maximum absolute atomic E-state index is 12.7. The molecule has 3 N–H and O–H groups in total. The zero-order valence-electron chi connectivity index (χ0n) is 17.2. The number of nitrogens with one attached hydrogen (secondary N) is 1. The molecule has 0 unspecified atom stereocenters. The molecule has 0 aliphatic carbocycles. The van der Waals surface area contributed by atoms with Gasteiger partial charge in [0.15, 0.2) is 16.7 Å². The highest BCUT2D eigenvalue weighted by Crippen LogP contribution is 2.34. The van der Waals surface area contributed by atoms with Crippen LogP contribution in [0.15, 0.2) is 23.4 Å². The van der Waals surface area contributed by atoms with Crippen LogP contribution in [0.4, 0.5) is 5.69 Å². The predicted molar refractivity (Wildman–Crippen MR) is 113 cm³/mol. The number of amides is 2. The number of carbonyl (C=O) groups is 2. The Kier molecular flexibility index (Phi) is 6.62. The summed E-state index contributed by atoms with van der Waals surface area (Å²) < 4.78 is 18.3. The van der Waals surface area contributed by atoms with Gasteiger partial charge < -0.3 is 29.8 Å². The average Bonchev–Trinajstić information content (AvgIpc) is 3.49. The first kappa shape index (κ1) is 21.4. The minimum Gasteiger partial charge on any atom is -0.454 e. The van der Waals surface area contributed by atoms with E-state index in [1.165, 1.54) is 11.8 Å². The summed E-state index contributed by atoms with van der Waals surface area (Å²) in [6.07, 6.45) is 2.63. The molecule has 0 radical (unpaired) electrons. The van der Waals surface area contributed by atoms with Crippen LogP contribution in [0.5, 0.6) is 11.5 Å². The number of nitrogens with two attached hydrogens (primary N) is 1. The molecule has 1 aromatic carbocycles. The van der Waals surface area contributed by atoms with Crippen LogP contribution in [0, 0.1) is 0 Å². The smallest absolute Gasteiger partial charge is 0.237 e. The third-order valence-corrected chi connectivity index (χ3v) is 6.17. The molecule has 1 fully saturated rings. The van der Waals surface area contributed by atoms with Crippen molar-refractivity contribution in [3.05, 3.63) is 24.0 Å². The first-order valence-electron chi connectivity index (χ1n) is 10.2. The average molecular weight is 448 g/mol. The summed E-state index contributed by atoms with van der Waals surface area (Å²) in [7, 11) is 0. The molecule has 166 valence electrons. The molecule has 10 nitrogen and oxygen atoms in total.